The third-order valence-corrected chi connectivity index (χ3v) is 2.56. The van der Waals surface area contributed by atoms with Gasteiger partial charge in [-0.3, -0.25) is 0 Å². The van der Waals surface area contributed by atoms with E-state index < -0.39 is 6.10 Å². The predicted octanol–water partition coefficient (Wildman–Crippen LogP) is 0.802. The zero-order valence-corrected chi connectivity index (χ0v) is 10.8. The lowest BCUT2D eigenvalue weighted by atomic mass is 10.1. The molecule has 100 valence electrons. The molecule has 0 aliphatic carbocycles. The first-order valence-corrected chi connectivity index (χ1v) is 5.86. The van der Waals surface area contributed by atoms with Crippen molar-refractivity contribution >= 4 is 6.03 Å². The van der Waals surface area contributed by atoms with E-state index in [0.717, 1.165) is 11.1 Å². The van der Waals surface area contributed by atoms with Crippen LogP contribution in [0.4, 0.5) is 4.79 Å². The highest BCUT2D eigenvalue weighted by atomic mass is 16.5. The maximum atomic E-state index is 11.5. The fourth-order valence-electron chi connectivity index (χ4n) is 1.51. The van der Waals surface area contributed by atoms with Crippen molar-refractivity contribution in [1.82, 2.24) is 10.6 Å². The second-order valence-corrected chi connectivity index (χ2v) is 4.10. The number of ether oxygens (including phenoxy) is 1. The zero-order valence-electron chi connectivity index (χ0n) is 10.8. The minimum Gasteiger partial charge on any atom is -0.389 e. The Kier molecular flexibility index (Phi) is 6.18. The number of amides is 2. The van der Waals surface area contributed by atoms with E-state index in [2.05, 4.69) is 10.6 Å². The minimum absolute atomic E-state index is 0.174. The van der Waals surface area contributed by atoms with E-state index in [-0.39, 0.29) is 19.2 Å². The summed E-state index contributed by atoms with van der Waals surface area (Å²) >= 11 is 0. The van der Waals surface area contributed by atoms with Gasteiger partial charge in [0.1, 0.15) is 0 Å². The summed E-state index contributed by atoms with van der Waals surface area (Å²) in [5, 5.41) is 14.7. The molecule has 1 aromatic rings. The quantitative estimate of drug-likeness (QED) is 0.701. The lowest BCUT2D eigenvalue weighted by Gasteiger charge is -2.12. The first-order valence-electron chi connectivity index (χ1n) is 5.86. The molecule has 0 aliphatic rings. The van der Waals surface area contributed by atoms with Crippen LogP contribution in [0.1, 0.15) is 11.1 Å². The van der Waals surface area contributed by atoms with Crippen LogP contribution in [0.3, 0.4) is 0 Å². The van der Waals surface area contributed by atoms with Gasteiger partial charge in [-0.05, 0) is 18.1 Å². The lowest BCUT2D eigenvalue weighted by molar-refractivity contribution is 0.0660. The van der Waals surface area contributed by atoms with E-state index >= 15 is 0 Å². The number of aliphatic hydroxyl groups excluding tert-OH is 1. The van der Waals surface area contributed by atoms with E-state index in [0.29, 0.717) is 6.54 Å². The van der Waals surface area contributed by atoms with Crippen molar-refractivity contribution in [3.8, 4) is 0 Å². The molecule has 18 heavy (non-hydrogen) atoms. The number of aliphatic hydroxyl groups is 1. The van der Waals surface area contributed by atoms with Crippen LogP contribution < -0.4 is 10.6 Å². The van der Waals surface area contributed by atoms with Crippen LogP contribution in [0, 0.1) is 6.92 Å². The highest BCUT2D eigenvalue weighted by molar-refractivity contribution is 5.73. The highest BCUT2D eigenvalue weighted by Crippen LogP contribution is 2.05. The number of urea groups is 1. The Hall–Kier alpha value is -1.59. The van der Waals surface area contributed by atoms with Gasteiger partial charge in [-0.1, -0.05) is 24.3 Å². The van der Waals surface area contributed by atoms with Gasteiger partial charge in [0.05, 0.1) is 12.7 Å². The predicted molar refractivity (Wildman–Crippen MR) is 69.3 cm³/mol. The average molecular weight is 252 g/mol. The number of carbonyl (C=O) groups is 1. The number of benzene rings is 1. The topological polar surface area (TPSA) is 70.6 Å². The number of rotatable bonds is 6. The number of carbonyl (C=O) groups excluding carboxylic acids is 1. The van der Waals surface area contributed by atoms with Crippen LogP contribution in [0.25, 0.3) is 0 Å². The molecule has 0 saturated heterocycles. The molecule has 0 heterocycles. The second-order valence-electron chi connectivity index (χ2n) is 4.10. The van der Waals surface area contributed by atoms with Crippen LogP contribution in [0.2, 0.25) is 0 Å². The molecule has 0 fully saturated rings. The maximum absolute atomic E-state index is 11.5. The maximum Gasteiger partial charge on any atom is 0.315 e. The second kappa shape index (κ2) is 7.68. The van der Waals surface area contributed by atoms with Crippen molar-refractivity contribution < 1.29 is 14.6 Å². The number of nitrogens with one attached hydrogen (secondary N) is 2. The van der Waals surface area contributed by atoms with Crippen molar-refractivity contribution in [3.05, 3.63) is 35.4 Å². The molecular formula is C13H20N2O3. The van der Waals surface area contributed by atoms with Crippen LogP contribution in [0.5, 0.6) is 0 Å². The molecule has 0 radical (unpaired) electrons. The summed E-state index contributed by atoms with van der Waals surface area (Å²) in [6.45, 7) is 2.85. The van der Waals surface area contributed by atoms with Crippen LogP contribution in [-0.4, -0.2) is 37.5 Å². The highest BCUT2D eigenvalue weighted by Gasteiger charge is 2.06. The van der Waals surface area contributed by atoms with Gasteiger partial charge in [0.2, 0.25) is 0 Å². The van der Waals surface area contributed by atoms with Gasteiger partial charge in [-0.15, -0.1) is 0 Å². The van der Waals surface area contributed by atoms with Gasteiger partial charge in [0.15, 0.2) is 0 Å². The molecule has 3 N–H and O–H groups in total. The van der Waals surface area contributed by atoms with E-state index in [1.807, 2.05) is 31.2 Å². The third-order valence-electron chi connectivity index (χ3n) is 2.56. The summed E-state index contributed by atoms with van der Waals surface area (Å²) in [5.74, 6) is 0. The molecule has 2 amide bonds. The lowest BCUT2D eigenvalue weighted by Crippen LogP contribution is -2.40. The number of hydrogen-bond acceptors (Lipinski definition) is 3. The minimum atomic E-state index is -0.681. The largest absolute Gasteiger partial charge is 0.389 e. The standard InChI is InChI=1S/C13H20N2O3/c1-10-5-3-4-6-11(10)7-14-13(17)15-8-12(16)9-18-2/h3-6,12,16H,7-9H2,1-2H3,(H2,14,15,17). The Bertz CT molecular complexity index is 382. The first kappa shape index (κ1) is 14.5. The number of aryl methyl sites for hydroxylation is 1. The fourth-order valence-corrected chi connectivity index (χ4v) is 1.51. The van der Waals surface area contributed by atoms with Crippen molar-refractivity contribution in [3.63, 3.8) is 0 Å². The Morgan fingerprint density at radius 1 is 1.39 bits per heavy atom. The summed E-state index contributed by atoms with van der Waals surface area (Å²) in [6, 6.07) is 7.56. The van der Waals surface area contributed by atoms with Gasteiger partial charge >= 0.3 is 6.03 Å². The Morgan fingerprint density at radius 3 is 2.78 bits per heavy atom. The SMILES string of the molecule is COCC(O)CNC(=O)NCc1ccccc1C. The normalized spacial score (nSPS) is 11.9. The van der Waals surface area contributed by atoms with Gasteiger partial charge in [0.25, 0.3) is 0 Å². The molecule has 1 unspecified atom stereocenters. The first-order chi connectivity index (χ1) is 8.63. The summed E-state index contributed by atoms with van der Waals surface area (Å²) in [5.41, 5.74) is 2.21. The molecular weight excluding hydrogens is 232 g/mol. The number of methoxy groups -OCH3 is 1. The van der Waals surface area contributed by atoms with E-state index in [1.165, 1.54) is 7.11 Å². The monoisotopic (exact) mass is 252 g/mol. The molecule has 5 heteroatoms. The zero-order chi connectivity index (χ0) is 13.4. The third kappa shape index (κ3) is 5.16. The van der Waals surface area contributed by atoms with E-state index in [9.17, 15) is 9.90 Å². The van der Waals surface area contributed by atoms with Crippen molar-refractivity contribution in [2.24, 2.45) is 0 Å². The van der Waals surface area contributed by atoms with Gasteiger partial charge in [0, 0.05) is 20.2 Å². The summed E-state index contributed by atoms with van der Waals surface area (Å²) in [4.78, 5) is 11.5. The average Bonchev–Trinajstić information content (AvgIpc) is 2.36. The van der Waals surface area contributed by atoms with Crippen molar-refractivity contribution in [1.29, 1.82) is 0 Å². The van der Waals surface area contributed by atoms with E-state index in [4.69, 9.17) is 4.74 Å². The van der Waals surface area contributed by atoms with Crippen LogP contribution in [0.15, 0.2) is 24.3 Å². The summed E-state index contributed by atoms with van der Waals surface area (Å²) in [7, 11) is 1.50. The van der Waals surface area contributed by atoms with Crippen LogP contribution in [-0.2, 0) is 11.3 Å². The summed E-state index contributed by atoms with van der Waals surface area (Å²) < 4.78 is 4.76. The fraction of sp³-hybridized carbons (Fsp3) is 0.462. The molecule has 1 atom stereocenters. The van der Waals surface area contributed by atoms with Crippen molar-refractivity contribution in [2.45, 2.75) is 19.6 Å². The molecule has 1 rings (SSSR count). The molecule has 0 bridgehead atoms. The molecule has 5 nitrogen and oxygen atoms in total. The van der Waals surface area contributed by atoms with Crippen LogP contribution >= 0.6 is 0 Å². The smallest absolute Gasteiger partial charge is 0.315 e. The molecule has 0 saturated carbocycles. The Morgan fingerprint density at radius 2 is 2.11 bits per heavy atom. The van der Waals surface area contributed by atoms with Gasteiger partial charge in [-0.25, -0.2) is 4.79 Å². The van der Waals surface area contributed by atoms with Crippen molar-refractivity contribution in [2.75, 3.05) is 20.3 Å². The molecule has 0 aromatic heterocycles. The Labute approximate surface area is 107 Å². The molecule has 0 aliphatic heterocycles. The molecule has 0 spiro atoms. The number of hydrogen-bond donors (Lipinski definition) is 3. The van der Waals surface area contributed by atoms with Gasteiger partial charge in [-0.2, -0.15) is 0 Å². The van der Waals surface area contributed by atoms with E-state index in [1.54, 1.807) is 0 Å². The molecule has 1 aromatic carbocycles. The Balaban J connectivity index is 2.27. The van der Waals surface area contributed by atoms with Gasteiger partial charge < -0.3 is 20.5 Å². The summed E-state index contributed by atoms with van der Waals surface area (Å²) in [6.07, 6.45) is -0.681.